The molecule has 0 amide bonds. The molecule has 2 aromatic heterocycles. The molecule has 3 aromatic rings. The van der Waals surface area contributed by atoms with Crippen molar-refractivity contribution in [1.29, 1.82) is 5.26 Å². The molecule has 0 unspecified atom stereocenters. The van der Waals surface area contributed by atoms with Crippen molar-refractivity contribution in [3.05, 3.63) is 51.2 Å². The summed E-state index contributed by atoms with van der Waals surface area (Å²) in [5.74, 6) is 0. The molecule has 0 bridgehead atoms. The molecule has 0 atom stereocenters. The summed E-state index contributed by atoms with van der Waals surface area (Å²) in [6.45, 7) is 1.54. The van der Waals surface area contributed by atoms with Crippen molar-refractivity contribution in [1.82, 2.24) is 10.3 Å². The Morgan fingerprint density at radius 3 is 2.95 bits per heavy atom. The zero-order chi connectivity index (χ0) is 13.1. The molecule has 1 N–H and O–H groups in total. The number of rotatable bonds is 4. The first-order valence-electron chi connectivity index (χ1n) is 5.88. The number of hydrogen-bond donors (Lipinski definition) is 1. The summed E-state index contributed by atoms with van der Waals surface area (Å²) in [4.78, 5) is 5.75. The highest BCUT2D eigenvalue weighted by molar-refractivity contribution is 7.18. The van der Waals surface area contributed by atoms with Gasteiger partial charge in [-0.15, -0.1) is 22.7 Å². The van der Waals surface area contributed by atoms with Gasteiger partial charge in [0.05, 0.1) is 15.8 Å². The molecule has 0 aliphatic heterocycles. The van der Waals surface area contributed by atoms with E-state index in [4.69, 9.17) is 5.26 Å². The highest BCUT2D eigenvalue weighted by Crippen LogP contribution is 2.21. The first-order valence-corrected chi connectivity index (χ1v) is 7.57. The molecule has 3 rings (SSSR count). The lowest BCUT2D eigenvalue weighted by Gasteiger charge is -1.98. The molecule has 0 saturated carbocycles. The third-order valence-electron chi connectivity index (χ3n) is 2.70. The number of nitriles is 1. The minimum atomic E-state index is 0.738. The van der Waals surface area contributed by atoms with E-state index >= 15 is 0 Å². The van der Waals surface area contributed by atoms with Crippen molar-refractivity contribution in [3.63, 3.8) is 0 Å². The van der Waals surface area contributed by atoms with Crippen molar-refractivity contribution in [3.8, 4) is 6.07 Å². The van der Waals surface area contributed by atoms with Crippen molar-refractivity contribution in [2.45, 2.75) is 13.1 Å². The normalized spacial score (nSPS) is 10.7. The van der Waals surface area contributed by atoms with Crippen LogP contribution in [-0.2, 0) is 13.1 Å². The van der Waals surface area contributed by atoms with Gasteiger partial charge in [0, 0.05) is 23.3 Å². The monoisotopic (exact) mass is 285 g/mol. The molecule has 0 fully saturated rings. The number of thiophene rings is 1. The zero-order valence-corrected chi connectivity index (χ0v) is 11.7. The van der Waals surface area contributed by atoms with Crippen molar-refractivity contribution < 1.29 is 0 Å². The van der Waals surface area contributed by atoms with Gasteiger partial charge >= 0.3 is 0 Å². The maximum absolute atomic E-state index is 8.76. The van der Waals surface area contributed by atoms with Crippen LogP contribution in [0.25, 0.3) is 10.2 Å². The van der Waals surface area contributed by atoms with Crippen LogP contribution in [0.3, 0.4) is 0 Å². The highest BCUT2D eigenvalue weighted by atomic mass is 32.1. The van der Waals surface area contributed by atoms with Gasteiger partial charge in [0.15, 0.2) is 0 Å². The molecule has 94 valence electrons. The van der Waals surface area contributed by atoms with Gasteiger partial charge in [-0.1, -0.05) is 12.1 Å². The van der Waals surface area contributed by atoms with Gasteiger partial charge in [-0.3, -0.25) is 0 Å². The Hall–Kier alpha value is -1.74. The first-order chi connectivity index (χ1) is 9.35. The molecule has 19 heavy (non-hydrogen) atoms. The summed E-state index contributed by atoms with van der Waals surface area (Å²) in [6, 6.07) is 12.2. The number of benzene rings is 1. The Morgan fingerprint density at radius 2 is 2.16 bits per heavy atom. The maximum atomic E-state index is 8.76. The lowest BCUT2D eigenvalue weighted by molar-refractivity contribution is 0.698. The average Bonchev–Trinajstić information content (AvgIpc) is 3.04. The third kappa shape index (κ3) is 2.82. The molecule has 0 spiro atoms. The predicted molar refractivity (Wildman–Crippen MR) is 79.2 cm³/mol. The minimum Gasteiger partial charge on any atom is -0.306 e. The van der Waals surface area contributed by atoms with E-state index in [1.54, 1.807) is 22.7 Å². The quantitative estimate of drug-likeness (QED) is 0.798. The number of nitrogens with zero attached hydrogens (tertiary/aromatic N) is 2. The third-order valence-corrected chi connectivity index (χ3v) is 4.67. The molecule has 5 heteroatoms. The Labute approximate surface area is 119 Å². The summed E-state index contributed by atoms with van der Waals surface area (Å²) in [7, 11) is 0. The van der Waals surface area contributed by atoms with Crippen LogP contribution in [-0.4, -0.2) is 4.98 Å². The Morgan fingerprint density at radius 1 is 1.26 bits per heavy atom. The van der Waals surface area contributed by atoms with Gasteiger partial charge in [0.25, 0.3) is 0 Å². The fourth-order valence-electron chi connectivity index (χ4n) is 1.82. The predicted octanol–water partition coefficient (Wildman–Crippen LogP) is 3.52. The van der Waals surface area contributed by atoms with Gasteiger partial charge in [-0.2, -0.15) is 5.26 Å². The van der Waals surface area contributed by atoms with E-state index in [0.29, 0.717) is 0 Å². The standard InChI is InChI=1S/C14H11N3S2/c15-6-10-5-11(18-9-10)7-16-8-14-17-12-3-1-2-4-13(12)19-14/h1-5,9,16H,7-8H2. The Kier molecular flexibility index (Phi) is 3.56. The topological polar surface area (TPSA) is 48.7 Å². The van der Waals surface area contributed by atoms with Crippen LogP contribution in [0.5, 0.6) is 0 Å². The van der Waals surface area contributed by atoms with E-state index in [9.17, 15) is 0 Å². The van der Waals surface area contributed by atoms with E-state index in [1.165, 1.54) is 9.58 Å². The minimum absolute atomic E-state index is 0.738. The van der Waals surface area contributed by atoms with Crippen molar-refractivity contribution >= 4 is 32.9 Å². The summed E-state index contributed by atoms with van der Waals surface area (Å²) < 4.78 is 1.22. The van der Waals surface area contributed by atoms with Crippen LogP contribution in [0.2, 0.25) is 0 Å². The fraction of sp³-hybridized carbons (Fsp3) is 0.143. The lowest BCUT2D eigenvalue weighted by atomic mass is 10.3. The summed E-state index contributed by atoms with van der Waals surface area (Å²) in [6.07, 6.45) is 0. The molecule has 1 aromatic carbocycles. The highest BCUT2D eigenvalue weighted by Gasteiger charge is 2.03. The number of aromatic nitrogens is 1. The SMILES string of the molecule is N#Cc1csc(CNCc2nc3ccccc3s2)c1. The Balaban J connectivity index is 1.61. The number of fused-ring (bicyclic) bond motifs is 1. The van der Waals surface area contributed by atoms with Gasteiger partial charge in [0.1, 0.15) is 11.1 Å². The summed E-state index contributed by atoms with van der Waals surface area (Å²) >= 11 is 3.33. The summed E-state index contributed by atoms with van der Waals surface area (Å²) in [5.41, 5.74) is 1.80. The maximum Gasteiger partial charge on any atom is 0.108 e. The largest absolute Gasteiger partial charge is 0.306 e. The van der Waals surface area contributed by atoms with Gasteiger partial charge < -0.3 is 5.32 Å². The average molecular weight is 285 g/mol. The van der Waals surface area contributed by atoms with Gasteiger partial charge in [-0.25, -0.2) is 4.98 Å². The first kappa shape index (κ1) is 12.3. The second kappa shape index (κ2) is 5.49. The van der Waals surface area contributed by atoms with Gasteiger partial charge in [0.2, 0.25) is 0 Å². The number of thiazole rings is 1. The van der Waals surface area contributed by atoms with Gasteiger partial charge in [-0.05, 0) is 18.2 Å². The van der Waals surface area contributed by atoms with E-state index in [0.717, 1.165) is 29.2 Å². The smallest absolute Gasteiger partial charge is 0.108 e. The van der Waals surface area contributed by atoms with E-state index < -0.39 is 0 Å². The molecule has 0 radical (unpaired) electrons. The fourth-order valence-corrected chi connectivity index (χ4v) is 3.54. The van der Waals surface area contributed by atoms with Crippen LogP contribution in [0.15, 0.2) is 35.7 Å². The van der Waals surface area contributed by atoms with E-state index in [2.05, 4.69) is 22.4 Å². The molecular formula is C14H11N3S2. The zero-order valence-electron chi connectivity index (χ0n) is 10.1. The lowest BCUT2D eigenvalue weighted by Crippen LogP contribution is -2.11. The van der Waals surface area contributed by atoms with Crippen LogP contribution < -0.4 is 5.32 Å². The summed E-state index contributed by atoms with van der Waals surface area (Å²) in [5, 5.41) is 15.1. The molecule has 0 saturated heterocycles. The molecule has 0 aliphatic carbocycles. The molecule has 3 nitrogen and oxygen atoms in total. The van der Waals surface area contributed by atoms with E-state index in [-0.39, 0.29) is 0 Å². The molecular weight excluding hydrogens is 274 g/mol. The second-order valence-corrected chi connectivity index (χ2v) is 6.20. The molecule has 2 heterocycles. The molecule has 0 aliphatic rings. The van der Waals surface area contributed by atoms with Crippen LogP contribution >= 0.6 is 22.7 Å². The second-order valence-electron chi connectivity index (χ2n) is 4.09. The van der Waals surface area contributed by atoms with E-state index in [1.807, 2.05) is 29.6 Å². The number of hydrogen-bond acceptors (Lipinski definition) is 5. The Bertz CT molecular complexity index is 703. The number of nitrogens with one attached hydrogen (secondary N) is 1. The van der Waals surface area contributed by atoms with Crippen LogP contribution in [0, 0.1) is 11.3 Å². The van der Waals surface area contributed by atoms with Crippen molar-refractivity contribution in [2.75, 3.05) is 0 Å². The van der Waals surface area contributed by atoms with Crippen LogP contribution in [0.4, 0.5) is 0 Å². The van der Waals surface area contributed by atoms with Crippen LogP contribution in [0.1, 0.15) is 15.4 Å². The van der Waals surface area contributed by atoms with Crippen molar-refractivity contribution in [2.24, 2.45) is 0 Å². The number of para-hydroxylation sites is 1.